The van der Waals surface area contributed by atoms with E-state index in [0.717, 1.165) is 12.8 Å². The Morgan fingerprint density at radius 3 is 2.80 bits per heavy atom. The summed E-state index contributed by atoms with van der Waals surface area (Å²) in [7, 11) is 0. The molecule has 1 aromatic rings. The van der Waals surface area contributed by atoms with Crippen molar-refractivity contribution in [3.63, 3.8) is 0 Å². The number of ether oxygens (including phenoxy) is 1. The molecule has 20 heavy (non-hydrogen) atoms. The number of nitrogens with zero attached hydrogens (tertiary/aromatic N) is 2. The van der Waals surface area contributed by atoms with Crippen LogP contribution in [0.15, 0.2) is 4.52 Å². The van der Waals surface area contributed by atoms with Gasteiger partial charge in [-0.1, -0.05) is 11.6 Å². The van der Waals surface area contributed by atoms with Crippen LogP contribution < -0.4 is 5.32 Å². The molecule has 0 aliphatic carbocycles. The maximum atomic E-state index is 11.4. The van der Waals surface area contributed by atoms with Crippen LogP contribution >= 0.6 is 0 Å². The summed E-state index contributed by atoms with van der Waals surface area (Å²) in [6, 6.07) is 0. The second kappa shape index (κ2) is 9.03. The van der Waals surface area contributed by atoms with Crippen molar-refractivity contribution in [1.29, 1.82) is 0 Å². The van der Waals surface area contributed by atoms with Gasteiger partial charge < -0.3 is 19.7 Å². The standard InChI is InChI=1S/C12H19N3O5/c1-9-14-11(20-15-9)8-19-7-10(16)13-6-4-2-3-5-12(17)18/h2-8H2,1H3,(H,13,16)(H,17,18). The summed E-state index contributed by atoms with van der Waals surface area (Å²) < 4.78 is 9.94. The lowest BCUT2D eigenvalue weighted by Crippen LogP contribution is -2.28. The molecule has 0 aliphatic rings. The number of carboxylic acid groups (broad SMARTS) is 1. The zero-order valence-corrected chi connectivity index (χ0v) is 11.4. The van der Waals surface area contributed by atoms with Crippen molar-refractivity contribution in [1.82, 2.24) is 15.5 Å². The van der Waals surface area contributed by atoms with E-state index in [-0.39, 0.29) is 25.5 Å². The van der Waals surface area contributed by atoms with Gasteiger partial charge in [-0.2, -0.15) is 4.98 Å². The summed E-state index contributed by atoms with van der Waals surface area (Å²) in [5.74, 6) is -0.156. The topological polar surface area (TPSA) is 115 Å². The Bertz CT molecular complexity index is 432. The van der Waals surface area contributed by atoms with Gasteiger partial charge >= 0.3 is 5.97 Å². The molecule has 0 saturated heterocycles. The van der Waals surface area contributed by atoms with Gasteiger partial charge in [-0.25, -0.2) is 0 Å². The fraction of sp³-hybridized carbons (Fsp3) is 0.667. The van der Waals surface area contributed by atoms with E-state index in [1.165, 1.54) is 0 Å². The number of carbonyl (C=O) groups is 2. The van der Waals surface area contributed by atoms with Crippen LogP contribution in [0.2, 0.25) is 0 Å². The summed E-state index contributed by atoms with van der Waals surface area (Å²) in [4.78, 5) is 25.6. The van der Waals surface area contributed by atoms with Crippen molar-refractivity contribution in [3.05, 3.63) is 11.7 Å². The Balaban J connectivity index is 1.96. The fourth-order valence-electron chi connectivity index (χ4n) is 1.49. The van der Waals surface area contributed by atoms with E-state index < -0.39 is 5.97 Å². The third-order valence-corrected chi connectivity index (χ3v) is 2.42. The Labute approximate surface area is 116 Å². The summed E-state index contributed by atoms with van der Waals surface area (Å²) in [5.41, 5.74) is 0. The molecule has 1 rings (SSSR count). The minimum absolute atomic E-state index is 0.0729. The first-order chi connectivity index (χ1) is 9.58. The average Bonchev–Trinajstić information content (AvgIpc) is 2.79. The molecule has 1 heterocycles. The Hall–Kier alpha value is -1.96. The molecule has 0 aromatic carbocycles. The molecule has 0 saturated carbocycles. The molecule has 0 radical (unpaired) electrons. The molecule has 8 nitrogen and oxygen atoms in total. The molecule has 0 fully saturated rings. The van der Waals surface area contributed by atoms with Crippen LogP contribution in [-0.4, -0.2) is 40.3 Å². The average molecular weight is 285 g/mol. The normalized spacial score (nSPS) is 10.4. The second-order valence-corrected chi connectivity index (χ2v) is 4.28. The molecule has 1 amide bonds. The SMILES string of the molecule is Cc1noc(COCC(=O)NCCCCCC(=O)O)n1. The number of carbonyl (C=O) groups excluding carboxylic acids is 1. The number of carboxylic acids is 1. The molecular weight excluding hydrogens is 266 g/mol. The lowest BCUT2D eigenvalue weighted by Gasteiger charge is -2.04. The lowest BCUT2D eigenvalue weighted by molar-refractivity contribution is -0.137. The fourth-order valence-corrected chi connectivity index (χ4v) is 1.49. The highest BCUT2D eigenvalue weighted by atomic mass is 16.5. The lowest BCUT2D eigenvalue weighted by atomic mass is 10.2. The van der Waals surface area contributed by atoms with E-state index in [1.807, 2.05) is 0 Å². The maximum absolute atomic E-state index is 11.4. The summed E-state index contributed by atoms with van der Waals surface area (Å²) in [6.45, 7) is 2.25. The van der Waals surface area contributed by atoms with E-state index in [9.17, 15) is 9.59 Å². The van der Waals surface area contributed by atoms with Crippen LogP contribution in [0.25, 0.3) is 0 Å². The van der Waals surface area contributed by atoms with Gasteiger partial charge in [-0.3, -0.25) is 9.59 Å². The molecule has 0 aliphatic heterocycles. The Morgan fingerprint density at radius 1 is 1.35 bits per heavy atom. The van der Waals surface area contributed by atoms with Gasteiger partial charge in [0, 0.05) is 13.0 Å². The van der Waals surface area contributed by atoms with Crippen molar-refractivity contribution in [3.8, 4) is 0 Å². The highest BCUT2D eigenvalue weighted by Crippen LogP contribution is 1.99. The van der Waals surface area contributed by atoms with Gasteiger partial charge in [-0.15, -0.1) is 0 Å². The first kappa shape index (κ1) is 16.1. The molecule has 0 bridgehead atoms. The number of unbranched alkanes of at least 4 members (excludes halogenated alkanes) is 2. The molecule has 112 valence electrons. The highest BCUT2D eigenvalue weighted by Gasteiger charge is 2.05. The van der Waals surface area contributed by atoms with Crippen molar-refractivity contribution in [2.75, 3.05) is 13.2 Å². The highest BCUT2D eigenvalue weighted by molar-refractivity contribution is 5.77. The third kappa shape index (κ3) is 7.47. The van der Waals surface area contributed by atoms with Crippen molar-refractivity contribution in [2.45, 2.75) is 39.2 Å². The monoisotopic (exact) mass is 285 g/mol. The van der Waals surface area contributed by atoms with Gasteiger partial charge in [0.25, 0.3) is 5.89 Å². The van der Waals surface area contributed by atoms with Crippen molar-refractivity contribution >= 4 is 11.9 Å². The number of hydrogen-bond donors (Lipinski definition) is 2. The maximum Gasteiger partial charge on any atom is 0.303 e. The third-order valence-electron chi connectivity index (χ3n) is 2.42. The van der Waals surface area contributed by atoms with Crippen LogP contribution in [0.1, 0.15) is 37.4 Å². The van der Waals surface area contributed by atoms with Gasteiger partial charge in [0.2, 0.25) is 5.91 Å². The van der Waals surface area contributed by atoms with Crippen LogP contribution in [0.5, 0.6) is 0 Å². The van der Waals surface area contributed by atoms with Crippen LogP contribution in [0, 0.1) is 6.92 Å². The van der Waals surface area contributed by atoms with E-state index >= 15 is 0 Å². The first-order valence-corrected chi connectivity index (χ1v) is 6.43. The minimum Gasteiger partial charge on any atom is -0.481 e. The van der Waals surface area contributed by atoms with Gasteiger partial charge in [0.15, 0.2) is 5.82 Å². The Morgan fingerprint density at radius 2 is 2.15 bits per heavy atom. The Kier molecular flexibility index (Phi) is 7.26. The zero-order valence-electron chi connectivity index (χ0n) is 11.4. The largest absolute Gasteiger partial charge is 0.481 e. The van der Waals surface area contributed by atoms with Gasteiger partial charge in [0.1, 0.15) is 13.2 Å². The molecule has 0 atom stereocenters. The minimum atomic E-state index is -0.793. The quantitative estimate of drug-likeness (QED) is 0.607. The second-order valence-electron chi connectivity index (χ2n) is 4.28. The number of nitrogens with one attached hydrogen (secondary N) is 1. The van der Waals surface area contributed by atoms with E-state index in [4.69, 9.17) is 14.4 Å². The molecule has 0 spiro atoms. The van der Waals surface area contributed by atoms with Crippen molar-refractivity contribution < 1.29 is 24.0 Å². The number of amides is 1. The van der Waals surface area contributed by atoms with Gasteiger partial charge in [-0.05, 0) is 19.8 Å². The number of rotatable bonds is 10. The predicted molar refractivity (Wildman–Crippen MR) is 67.8 cm³/mol. The summed E-state index contributed by atoms with van der Waals surface area (Å²) >= 11 is 0. The number of hydrogen-bond acceptors (Lipinski definition) is 6. The van der Waals surface area contributed by atoms with Gasteiger partial charge in [0.05, 0.1) is 0 Å². The molecule has 0 unspecified atom stereocenters. The predicted octanol–water partition coefficient (Wildman–Crippen LogP) is 0.656. The number of aliphatic carboxylic acids is 1. The number of aryl methyl sites for hydroxylation is 1. The zero-order chi connectivity index (χ0) is 14.8. The van der Waals surface area contributed by atoms with Crippen molar-refractivity contribution in [2.24, 2.45) is 0 Å². The molecule has 2 N–H and O–H groups in total. The van der Waals surface area contributed by atoms with Crippen LogP contribution in [0.3, 0.4) is 0 Å². The smallest absolute Gasteiger partial charge is 0.303 e. The van der Waals surface area contributed by atoms with E-state index in [2.05, 4.69) is 15.5 Å². The first-order valence-electron chi connectivity index (χ1n) is 6.43. The molecular formula is C12H19N3O5. The molecule has 8 heteroatoms. The molecule has 1 aromatic heterocycles. The summed E-state index contributed by atoms with van der Waals surface area (Å²) in [5, 5.41) is 14.7. The number of aromatic nitrogens is 2. The van der Waals surface area contributed by atoms with E-state index in [1.54, 1.807) is 6.92 Å². The van der Waals surface area contributed by atoms with E-state index in [0.29, 0.717) is 24.7 Å². The summed E-state index contributed by atoms with van der Waals surface area (Å²) in [6.07, 6.45) is 2.31. The van der Waals surface area contributed by atoms with Crippen LogP contribution in [-0.2, 0) is 20.9 Å². The van der Waals surface area contributed by atoms with Crippen LogP contribution in [0.4, 0.5) is 0 Å².